The summed E-state index contributed by atoms with van der Waals surface area (Å²) in [6.07, 6.45) is 1.34. The van der Waals surface area contributed by atoms with Gasteiger partial charge in [0.05, 0.1) is 11.8 Å². The largest absolute Gasteiger partial charge is 0.459 e. The van der Waals surface area contributed by atoms with E-state index in [4.69, 9.17) is 16.0 Å². The van der Waals surface area contributed by atoms with Crippen LogP contribution in [-0.2, 0) is 4.84 Å². The average Bonchev–Trinajstić information content (AvgIpc) is 2.90. The normalized spacial score (nSPS) is 9.83. The van der Waals surface area contributed by atoms with E-state index in [2.05, 4.69) is 4.84 Å². The molecule has 1 amide bonds. The number of furan rings is 1. The second-order valence-electron chi connectivity index (χ2n) is 3.30. The van der Waals surface area contributed by atoms with E-state index in [1.807, 2.05) is 5.48 Å². The predicted molar refractivity (Wildman–Crippen MR) is 63.0 cm³/mol. The number of carbonyl (C=O) groups excluding carboxylic acids is 2. The van der Waals surface area contributed by atoms with Gasteiger partial charge in [-0.2, -0.15) is 5.48 Å². The number of rotatable bonds is 2. The molecule has 0 aliphatic carbocycles. The van der Waals surface area contributed by atoms with Gasteiger partial charge in [-0.05, 0) is 36.4 Å². The minimum atomic E-state index is -0.688. The Bertz CT molecular complexity index is 548. The molecule has 0 saturated heterocycles. The quantitative estimate of drug-likeness (QED) is 0.847. The number of halogens is 1. The molecule has 18 heavy (non-hydrogen) atoms. The molecule has 0 saturated carbocycles. The van der Waals surface area contributed by atoms with Crippen LogP contribution in [0.3, 0.4) is 0 Å². The lowest BCUT2D eigenvalue weighted by atomic mass is 10.2. The molecular weight excluding hydrogens is 258 g/mol. The summed E-state index contributed by atoms with van der Waals surface area (Å²) in [5.41, 5.74) is 2.26. The minimum absolute atomic E-state index is 0.0545. The zero-order valence-electron chi connectivity index (χ0n) is 9.05. The Morgan fingerprint density at radius 3 is 2.50 bits per heavy atom. The van der Waals surface area contributed by atoms with Crippen LogP contribution in [0.1, 0.15) is 20.9 Å². The van der Waals surface area contributed by atoms with Crippen molar-refractivity contribution in [1.29, 1.82) is 0 Å². The second-order valence-corrected chi connectivity index (χ2v) is 3.74. The number of amides is 1. The van der Waals surface area contributed by atoms with Crippen LogP contribution >= 0.6 is 11.6 Å². The van der Waals surface area contributed by atoms with Gasteiger partial charge in [0.25, 0.3) is 0 Å². The molecule has 0 bridgehead atoms. The molecule has 1 aromatic heterocycles. The summed E-state index contributed by atoms with van der Waals surface area (Å²) in [6.45, 7) is 0. The maximum atomic E-state index is 11.5. The van der Waals surface area contributed by atoms with Gasteiger partial charge in [-0.3, -0.25) is 4.79 Å². The maximum absolute atomic E-state index is 11.5. The van der Waals surface area contributed by atoms with Crippen LogP contribution in [-0.4, -0.2) is 11.9 Å². The molecule has 0 aliphatic heterocycles. The summed E-state index contributed by atoms with van der Waals surface area (Å²) in [5.74, 6) is -1.27. The average molecular weight is 266 g/mol. The van der Waals surface area contributed by atoms with Crippen LogP contribution in [0.5, 0.6) is 0 Å². The van der Waals surface area contributed by atoms with E-state index in [0.29, 0.717) is 5.02 Å². The highest BCUT2D eigenvalue weighted by Gasteiger charge is 2.12. The fraction of sp³-hybridized carbons (Fsp3) is 0. The second kappa shape index (κ2) is 5.37. The van der Waals surface area contributed by atoms with Crippen molar-refractivity contribution in [2.75, 3.05) is 0 Å². The minimum Gasteiger partial charge on any atom is -0.459 e. The van der Waals surface area contributed by atoms with E-state index >= 15 is 0 Å². The van der Waals surface area contributed by atoms with E-state index in [1.54, 1.807) is 18.2 Å². The third-order valence-electron chi connectivity index (χ3n) is 2.06. The lowest BCUT2D eigenvalue weighted by molar-refractivity contribution is 0.0220. The van der Waals surface area contributed by atoms with Gasteiger partial charge in [-0.15, -0.1) is 0 Å². The first-order valence-corrected chi connectivity index (χ1v) is 5.35. The van der Waals surface area contributed by atoms with Crippen molar-refractivity contribution in [3.05, 3.63) is 59.0 Å². The molecule has 0 aliphatic rings. The van der Waals surface area contributed by atoms with Crippen molar-refractivity contribution >= 4 is 23.5 Å². The van der Waals surface area contributed by atoms with Gasteiger partial charge in [0, 0.05) is 5.02 Å². The Morgan fingerprint density at radius 1 is 1.17 bits per heavy atom. The van der Waals surface area contributed by atoms with Crippen LogP contribution < -0.4 is 5.48 Å². The monoisotopic (exact) mass is 265 g/mol. The molecule has 0 fully saturated rings. The number of carbonyl (C=O) groups is 2. The van der Waals surface area contributed by atoms with Crippen molar-refractivity contribution in [3.63, 3.8) is 0 Å². The molecular formula is C12H8ClNO4. The van der Waals surface area contributed by atoms with E-state index in [-0.39, 0.29) is 11.3 Å². The third-order valence-corrected chi connectivity index (χ3v) is 2.31. The highest BCUT2D eigenvalue weighted by atomic mass is 35.5. The fourth-order valence-corrected chi connectivity index (χ4v) is 1.32. The van der Waals surface area contributed by atoms with E-state index in [9.17, 15) is 9.59 Å². The summed E-state index contributed by atoms with van der Waals surface area (Å²) in [4.78, 5) is 27.5. The first kappa shape index (κ1) is 12.2. The molecule has 1 heterocycles. The van der Waals surface area contributed by atoms with E-state index < -0.39 is 11.9 Å². The zero-order chi connectivity index (χ0) is 13.0. The Morgan fingerprint density at radius 2 is 1.89 bits per heavy atom. The van der Waals surface area contributed by atoms with Crippen molar-refractivity contribution < 1.29 is 18.8 Å². The number of nitrogens with one attached hydrogen (secondary N) is 1. The van der Waals surface area contributed by atoms with Crippen molar-refractivity contribution in [3.8, 4) is 0 Å². The van der Waals surface area contributed by atoms with Gasteiger partial charge >= 0.3 is 11.9 Å². The first-order valence-electron chi connectivity index (χ1n) is 4.97. The molecule has 0 unspecified atom stereocenters. The number of hydroxylamine groups is 1. The van der Waals surface area contributed by atoms with Gasteiger partial charge in [-0.1, -0.05) is 11.6 Å². The molecule has 5 nitrogen and oxygen atoms in total. The van der Waals surface area contributed by atoms with Gasteiger partial charge in [0.1, 0.15) is 0 Å². The Hall–Kier alpha value is -2.27. The molecule has 1 aromatic carbocycles. The van der Waals surface area contributed by atoms with Crippen LogP contribution in [0.15, 0.2) is 47.1 Å². The van der Waals surface area contributed by atoms with Gasteiger partial charge in [0.15, 0.2) is 5.76 Å². The fourth-order valence-electron chi connectivity index (χ4n) is 1.20. The summed E-state index contributed by atoms with van der Waals surface area (Å²) in [7, 11) is 0. The Kier molecular flexibility index (Phi) is 3.64. The van der Waals surface area contributed by atoms with Crippen molar-refractivity contribution in [1.82, 2.24) is 5.48 Å². The molecule has 92 valence electrons. The first-order chi connectivity index (χ1) is 8.66. The highest BCUT2D eigenvalue weighted by molar-refractivity contribution is 6.30. The Balaban J connectivity index is 1.92. The molecule has 2 rings (SSSR count). The number of benzene rings is 1. The SMILES string of the molecule is O=C(ONC(=O)c1ccco1)c1ccc(Cl)cc1. The van der Waals surface area contributed by atoms with Crippen LogP contribution in [0.25, 0.3) is 0 Å². The summed E-state index contributed by atoms with van der Waals surface area (Å²) >= 11 is 5.68. The molecule has 0 atom stereocenters. The van der Waals surface area contributed by atoms with Crippen LogP contribution in [0.2, 0.25) is 5.02 Å². The smallest absolute Gasteiger partial charge is 0.362 e. The lowest BCUT2D eigenvalue weighted by Gasteiger charge is -2.03. The molecule has 0 spiro atoms. The van der Waals surface area contributed by atoms with E-state index in [0.717, 1.165) is 0 Å². The zero-order valence-corrected chi connectivity index (χ0v) is 9.81. The summed E-state index contributed by atoms with van der Waals surface area (Å²) < 4.78 is 4.83. The van der Waals surface area contributed by atoms with Crippen LogP contribution in [0.4, 0.5) is 0 Å². The molecule has 1 N–H and O–H groups in total. The third kappa shape index (κ3) is 2.89. The standard InChI is InChI=1S/C12H8ClNO4/c13-9-5-3-8(4-6-9)12(16)18-14-11(15)10-2-1-7-17-10/h1-7H,(H,14,15). The summed E-state index contributed by atoms with van der Waals surface area (Å²) in [5, 5.41) is 0.506. The van der Waals surface area contributed by atoms with Crippen LogP contribution in [0, 0.1) is 0 Å². The maximum Gasteiger partial charge on any atom is 0.362 e. The highest BCUT2D eigenvalue weighted by Crippen LogP contribution is 2.10. The van der Waals surface area contributed by atoms with Gasteiger partial charge < -0.3 is 9.25 Å². The number of hydrogen-bond donors (Lipinski definition) is 1. The van der Waals surface area contributed by atoms with Crippen molar-refractivity contribution in [2.45, 2.75) is 0 Å². The summed E-state index contributed by atoms with van der Waals surface area (Å²) in [6, 6.07) is 9.08. The Labute approximate surface area is 107 Å². The lowest BCUT2D eigenvalue weighted by Crippen LogP contribution is -2.26. The van der Waals surface area contributed by atoms with Gasteiger partial charge in [-0.25, -0.2) is 4.79 Å². The van der Waals surface area contributed by atoms with Gasteiger partial charge in [0.2, 0.25) is 0 Å². The molecule has 6 heteroatoms. The molecule has 2 aromatic rings. The number of hydrogen-bond acceptors (Lipinski definition) is 4. The predicted octanol–water partition coefficient (Wildman–Crippen LogP) is 2.43. The van der Waals surface area contributed by atoms with Crippen molar-refractivity contribution in [2.24, 2.45) is 0 Å². The topological polar surface area (TPSA) is 68.5 Å². The van der Waals surface area contributed by atoms with E-state index in [1.165, 1.54) is 24.5 Å². The molecule has 0 radical (unpaired) electrons.